The fourth-order valence-electron chi connectivity index (χ4n) is 4.84. The summed E-state index contributed by atoms with van der Waals surface area (Å²) in [4.78, 5) is 20.1. The van der Waals surface area contributed by atoms with Gasteiger partial charge in [-0.25, -0.2) is 4.98 Å². The fourth-order valence-corrected chi connectivity index (χ4v) is 4.84. The summed E-state index contributed by atoms with van der Waals surface area (Å²) in [5, 5.41) is 9.06. The smallest absolute Gasteiger partial charge is 0.310 e. The minimum Gasteiger partial charge on any atom is -0.481 e. The summed E-state index contributed by atoms with van der Waals surface area (Å²) in [5.41, 5.74) is 4.24. The molecule has 1 aromatic heterocycles. The Hall–Kier alpha value is -2.73. The lowest BCUT2D eigenvalue weighted by molar-refractivity contribution is -0.139. The van der Waals surface area contributed by atoms with Crippen LogP contribution in [0.1, 0.15) is 151 Å². The first-order valence-corrected chi connectivity index (χ1v) is 17.3. The van der Waals surface area contributed by atoms with Gasteiger partial charge in [-0.05, 0) is 64.4 Å². The zero-order chi connectivity index (χ0) is 33.3. The number of aliphatic imine (C=N–C) groups is 1. The van der Waals surface area contributed by atoms with E-state index in [-0.39, 0.29) is 5.92 Å². The topological polar surface area (TPSA) is 84.9 Å². The number of rotatable bonds is 8. The molecule has 6 nitrogen and oxygen atoms in total. The van der Waals surface area contributed by atoms with Crippen molar-refractivity contribution in [2.45, 2.75) is 139 Å². The van der Waals surface area contributed by atoms with Crippen molar-refractivity contribution in [1.82, 2.24) is 4.98 Å². The standard InChI is InChI=1S/C21H24N2O3.C7H14.C6H14O.2C2H6/c1-13(2)23-18-11-10-16(5-4-14(18)3)20-22-12-19(26-20)15-6-8-17(9-7-15)21(24)25;1-7-5-3-2-4-6-7;1-3-5-7-6-4-2;2*1-2/h4-8,12,16-17H,9-11H2,1-3H3,(H,24,25);7H,2-6H2,1H3;3-6H2,1-2H3;2*1-2H3. The maximum absolute atomic E-state index is 11.0. The highest BCUT2D eigenvalue weighted by Crippen LogP contribution is 2.32. The van der Waals surface area contributed by atoms with Gasteiger partial charge in [-0.15, -0.1) is 0 Å². The lowest BCUT2D eigenvalue weighted by Gasteiger charge is -2.15. The third-order valence-corrected chi connectivity index (χ3v) is 7.22. The van der Waals surface area contributed by atoms with Crippen LogP contribution in [0.15, 0.2) is 57.3 Å². The number of nitrogens with zero attached hydrogens (tertiary/aromatic N) is 2. The predicted molar refractivity (Wildman–Crippen MR) is 188 cm³/mol. The van der Waals surface area contributed by atoms with Gasteiger partial charge in [0.05, 0.1) is 18.0 Å². The predicted octanol–water partition coefficient (Wildman–Crippen LogP) is 11.4. The van der Waals surface area contributed by atoms with Gasteiger partial charge < -0.3 is 14.3 Å². The van der Waals surface area contributed by atoms with E-state index in [2.05, 4.69) is 49.8 Å². The van der Waals surface area contributed by atoms with Crippen LogP contribution in [0.3, 0.4) is 0 Å². The van der Waals surface area contributed by atoms with E-state index in [1.807, 2.05) is 47.6 Å². The molecule has 0 aliphatic heterocycles. The van der Waals surface area contributed by atoms with Crippen molar-refractivity contribution in [3.63, 3.8) is 0 Å². The lowest BCUT2D eigenvalue weighted by atomic mass is 9.91. The Morgan fingerprint density at radius 1 is 1.00 bits per heavy atom. The van der Waals surface area contributed by atoms with Crippen molar-refractivity contribution in [3.05, 3.63) is 59.5 Å². The first-order valence-electron chi connectivity index (χ1n) is 17.3. The number of hydrogen-bond donors (Lipinski definition) is 1. The second kappa shape index (κ2) is 25.6. The summed E-state index contributed by atoms with van der Waals surface area (Å²) >= 11 is 0. The average Bonchev–Trinajstić information content (AvgIpc) is 3.46. The van der Waals surface area contributed by atoms with Crippen LogP contribution in [0.5, 0.6) is 0 Å². The summed E-state index contributed by atoms with van der Waals surface area (Å²) in [7, 11) is 0. The number of carbonyl (C=O) groups is 1. The van der Waals surface area contributed by atoms with Crippen molar-refractivity contribution in [2.24, 2.45) is 16.8 Å². The van der Waals surface area contributed by atoms with Crippen LogP contribution in [0.4, 0.5) is 0 Å². The zero-order valence-electron chi connectivity index (χ0n) is 29.7. The number of allylic oxidation sites excluding steroid dienone is 7. The van der Waals surface area contributed by atoms with Gasteiger partial charge >= 0.3 is 5.97 Å². The second-order valence-electron chi connectivity index (χ2n) is 11.3. The number of ether oxygens (including phenoxy) is 1. The summed E-state index contributed by atoms with van der Waals surface area (Å²) in [6.45, 7) is 22.5. The maximum atomic E-state index is 11.0. The molecule has 2 atom stereocenters. The van der Waals surface area contributed by atoms with Gasteiger partial charge in [0, 0.05) is 30.2 Å². The van der Waals surface area contributed by atoms with Crippen LogP contribution in [0.2, 0.25) is 0 Å². The van der Waals surface area contributed by atoms with Gasteiger partial charge in [0.25, 0.3) is 0 Å². The maximum Gasteiger partial charge on any atom is 0.310 e. The third kappa shape index (κ3) is 16.9. The third-order valence-electron chi connectivity index (χ3n) is 7.22. The molecule has 1 N–H and O–H groups in total. The number of carboxylic acid groups (broad SMARTS) is 1. The number of oxazole rings is 1. The molecule has 0 radical (unpaired) electrons. The summed E-state index contributed by atoms with van der Waals surface area (Å²) in [5.74, 6) is 1.27. The van der Waals surface area contributed by atoms with Gasteiger partial charge in [-0.2, -0.15) is 0 Å². The van der Waals surface area contributed by atoms with E-state index in [0.29, 0.717) is 18.1 Å². The minimum atomic E-state index is -0.804. The molecule has 1 aromatic rings. The molecule has 250 valence electrons. The van der Waals surface area contributed by atoms with Gasteiger partial charge in [-0.3, -0.25) is 9.79 Å². The summed E-state index contributed by atoms with van der Waals surface area (Å²) in [6.07, 6.45) is 23.3. The van der Waals surface area contributed by atoms with E-state index in [1.54, 1.807) is 18.3 Å². The summed E-state index contributed by atoms with van der Waals surface area (Å²) in [6, 6.07) is 0. The Morgan fingerprint density at radius 2 is 1.64 bits per heavy atom. The number of hydrogen-bond acceptors (Lipinski definition) is 5. The van der Waals surface area contributed by atoms with E-state index in [4.69, 9.17) is 14.3 Å². The first-order chi connectivity index (χ1) is 21.2. The van der Waals surface area contributed by atoms with E-state index in [0.717, 1.165) is 61.8 Å². The van der Waals surface area contributed by atoms with E-state index >= 15 is 0 Å². The quantitative estimate of drug-likeness (QED) is 0.233. The van der Waals surface area contributed by atoms with Crippen molar-refractivity contribution in [2.75, 3.05) is 13.2 Å². The lowest BCUT2D eigenvalue weighted by Crippen LogP contribution is -2.11. The molecule has 1 heterocycles. The molecule has 1 saturated carbocycles. The molecule has 0 bridgehead atoms. The summed E-state index contributed by atoms with van der Waals surface area (Å²) < 4.78 is 11.1. The molecule has 0 aromatic carbocycles. The van der Waals surface area contributed by atoms with Crippen LogP contribution in [0.25, 0.3) is 5.57 Å². The van der Waals surface area contributed by atoms with Crippen LogP contribution >= 0.6 is 0 Å². The number of aromatic nitrogens is 1. The Kier molecular flexibility index (Phi) is 24.0. The molecular formula is C38H64N2O4. The normalized spacial score (nSPS) is 19.3. The molecule has 0 spiro atoms. The molecule has 44 heavy (non-hydrogen) atoms. The fraction of sp³-hybridized carbons (Fsp3) is 0.658. The average molecular weight is 613 g/mol. The molecule has 1 fully saturated rings. The molecule has 6 heteroatoms. The van der Waals surface area contributed by atoms with Crippen LogP contribution in [0, 0.1) is 11.8 Å². The van der Waals surface area contributed by atoms with Gasteiger partial charge in [0.1, 0.15) is 0 Å². The highest BCUT2D eigenvalue weighted by atomic mass is 16.5. The molecular weight excluding hydrogens is 548 g/mol. The SMILES string of the molecule is CC.CC.CC(C)=NC1=C(C)C=CC(c2ncc(C3=CCC(C(=O)O)C=C3)o2)CC1.CC1CCCCC1.CCCOCCC. The molecule has 3 aliphatic carbocycles. The molecule has 0 amide bonds. The van der Waals surface area contributed by atoms with Crippen LogP contribution in [-0.4, -0.2) is 35.0 Å². The van der Waals surface area contributed by atoms with E-state index in [9.17, 15) is 4.79 Å². The van der Waals surface area contributed by atoms with Crippen molar-refractivity contribution in [1.29, 1.82) is 0 Å². The van der Waals surface area contributed by atoms with Crippen molar-refractivity contribution < 1.29 is 19.1 Å². The Balaban J connectivity index is 0.000000840. The zero-order valence-corrected chi connectivity index (χ0v) is 29.7. The Bertz CT molecular complexity index is 1050. The Morgan fingerprint density at radius 3 is 2.11 bits per heavy atom. The van der Waals surface area contributed by atoms with Crippen LogP contribution in [-0.2, 0) is 9.53 Å². The van der Waals surface area contributed by atoms with E-state index < -0.39 is 11.9 Å². The highest BCUT2D eigenvalue weighted by Gasteiger charge is 2.21. The first kappa shape index (κ1) is 41.3. The molecule has 4 rings (SSSR count). The van der Waals surface area contributed by atoms with E-state index in [1.165, 1.54) is 37.7 Å². The molecule has 3 aliphatic rings. The van der Waals surface area contributed by atoms with Gasteiger partial charge in [0.2, 0.25) is 5.89 Å². The van der Waals surface area contributed by atoms with Crippen LogP contribution < -0.4 is 0 Å². The van der Waals surface area contributed by atoms with Gasteiger partial charge in [0.15, 0.2) is 5.76 Å². The van der Waals surface area contributed by atoms with Gasteiger partial charge in [-0.1, -0.05) is 111 Å². The molecule has 2 unspecified atom stereocenters. The monoisotopic (exact) mass is 612 g/mol. The minimum absolute atomic E-state index is 0.114. The number of aliphatic carboxylic acids is 1. The second-order valence-corrected chi connectivity index (χ2v) is 11.3. The van der Waals surface area contributed by atoms with Crippen molar-refractivity contribution in [3.8, 4) is 0 Å². The number of carboxylic acids is 1. The highest BCUT2D eigenvalue weighted by molar-refractivity contribution is 5.80. The molecule has 0 saturated heterocycles. The van der Waals surface area contributed by atoms with Crippen molar-refractivity contribution >= 4 is 17.3 Å². The largest absolute Gasteiger partial charge is 0.481 e. The Labute approximate surface area is 269 Å².